The molecule has 0 unspecified atom stereocenters. The van der Waals surface area contributed by atoms with E-state index in [0.29, 0.717) is 12.3 Å². The van der Waals surface area contributed by atoms with Crippen molar-refractivity contribution in [3.05, 3.63) is 40.0 Å². The minimum absolute atomic E-state index is 0.0110. The molecular formula is C11H13N5O3. The van der Waals surface area contributed by atoms with E-state index in [-0.39, 0.29) is 17.5 Å². The Hall–Kier alpha value is -2.64. The minimum Gasteiger partial charge on any atom is -0.464 e. The van der Waals surface area contributed by atoms with Gasteiger partial charge in [0.05, 0.1) is 11.5 Å². The average Bonchev–Trinajstić information content (AvgIpc) is 2.74. The molecule has 100 valence electrons. The molecule has 0 radical (unpaired) electrons. The second kappa shape index (κ2) is 4.92. The van der Waals surface area contributed by atoms with Crippen LogP contribution in [-0.2, 0) is 6.54 Å². The van der Waals surface area contributed by atoms with Gasteiger partial charge in [0.15, 0.2) is 0 Å². The minimum atomic E-state index is -0.543. The lowest BCUT2D eigenvalue weighted by molar-refractivity contribution is -0.384. The summed E-state index contributed by atoms with van der Waals surface area (Å²) in [6.45, 7) is 2.18. The molecule has 0 aromatic carbocycles. The topological polar surface area (TPSA) is 111 Å². The van der Waals surface area contributed by atoms with Crippen molar-refractivity contribution in [3.8, 4) is 0 Å². The van der Waals surface area contributed by atoms with Crippen molar-refractivity contribution in [1.29, 1.82) is 0 Å². The molecule has 8 nitrogen and oxygen atoms in total. The molecule has 8 heteroatoms. The van der Waals surface area contributed by atoms with Crippen LogP contribution in [0.5, 0.6) is 0 Å². The summed E-state index contributed by atoms with van der Waals surface area (Å²) in [5, 5.41) is 10.9. The third kappa shape index (κ3) is 2.79. The fraction of sp³-hybridized carbons (Fsp3) is 0.273. The molecule has 2 N–H and O–H groups in total. The lowest BCUT2D eigenvalue weighted by atomic mass is 10.3. The van der Waals surface area contributed by atoms with Gasteiger partial charge >= 0.3 is 5.69 Å². The van der Waals surface area contributed by atoms with Gasteiger partial charge in [0.2, 0.25) is 11.8 Å². The van der Waals surface area contributed by atoms with E-state index >= 15 is 0 Å². The molecular weight excluding hydrogens is 250 g/mol. The van der Waals surface area contributed by atoms with Gasteiger partial charge in [0.1, 0.15) is 17.7 Å². The molecule has 0 aliphatic carbocycles. The lowest BCUT2D eigenvalue weighted by Gasteiger charge is -2.16. The molecule has 0 spiro atoms. The van der Waals surface area contributed by atoms with Crippen LogP contribution >= 0.6 is 0 Å². The standard InChI is InChI=1S/C11H13N5O3/c1-7-3-4-8(19-7)6-15(2)10-9(16(17)18)5-13-11(12)14-10/h3-5H,6H2,1-2H3,(H2,12,13,14). The van der Waals surface area contributed by atoms with Gasteiger partial charge in [-0.25, -0.2) is 4.98 Å². The molecule has 0 bridgehead atoms. The zero-order valence-corrected chi connectivity index (χ0v) is 10.5. The largest absolute Gasteiger partial charge is 0.464 e. The van der Waals surface area contributed by atoms with Gasteiger partial charge in [-0.15, -0.1) is 0 Å². The summed E-state index contributed by atoms with van der Waals surface area (Å²) in [6, 6.07) is 3.63. The van der Waals surface area contributed by atoms with E-state index in [1.807, 2.05) is 19.1 Å². The Morgan fingerprint density at radius 1 is 1.53 bits per heavy atom. The van der Waals surface area contributed by atoms with Gasteiger partial charge < -0.3 is 15.1 Å². The summed E-state index contributed by atoms with van der Waals surface area (Å²) in [5.74, 6) is 1.61. The van der Waals surface area contributed by atoms with Crippen molar-refractivity contribution in [2.75, 3.05) is 17.7 Å². The Morgan fingerprint density at radius 3 is 2.84 bits per heavy atom. The molecule has 0 atom stereocenters. The lowest BCUT2D eigenvalue weighted by Crippen LogP contribution is -2.19. The molecule has 0 aliphatic rings. The van der Waals surface area contributed by atoms with E-state index in [2.05, 4.69) is 9.97 Å². The zero-order chi connectivity index (χ0) is 14.0. The van der Waals surface area contributed by atoms with E-state index in [0.717, 1.165) is 12.0 Å². The maximum Gasteiger partial charge on any atom is 0.329 e. The Balaban J connectivity index is 2.29. The second-order valence-corrected chi connectivity index (χ2v) is 4.06. The van der Waals surface area contributed by atoms with E-state index in [1.54, 1.807) is 11.9 Å². The second-order valence-electron chi connectivity index (χ2n) is 4.06. The summed E-state index contributed by atoms with van der Waals surface area (Å²) in [4.78, 5) is 19.5. The maximum atomic E-state index is 10.9. The molecule has 2 aromatic heterocycles. The third-order valence-electron chi connectivity index (χ3n) is 2.52. The molecule has 2 heterocycles. The van der Waals surface area contributed by atoms with Crippen molar-refractivity contribution in [1.82, 2.24) is 9.97 Å². The van der Waals surface area contributed by atoms with Crippen molar-refractivity contribution in [2.45, 2.75) is 13.5 Å². The van der Waals surface area contributed by atoms with Crippen LogP contribution in [0.2, 0.25) is 0 Å². The highest BCUT2D eigenvalue weighted by molar-refractivity contribution is 5.57. The van der Waals surface area contributed by atoms with Crippen LogP contribution in [0.4, 0.5) is 17.5 Å². The number of nitrogens with two attached hydrogens (primary N) is 1. The number of nitro groups is 1. The molecule has 2 rings (SSSR count). The SMILES string of the molecule is Cc1ccc(CN(C)c2nc(N)ncc2[N+](=O)[O-])o1. The monoisotopic (exact) mass is 263 g/mol. The first-order chi connectivity index (χ1) is 8.97. The van der Waals surface area contributed by atoms with Gasteiger partial charge in [0, 0.05) is 7.05 Å². The zero-order valence-electron chi connectivity index (χ0n) is 10.5. The van der Waals surface area contributed by atoms with Crippen LogP contribution in [0, 0.1) is 17.0 Å². The molecule has 2 aromatic rings. The molecule has 19 heavy (non-hydrogen) atoms. The number of rotatable bonds is 4. The highest BCUT2D eigenvalue weighted by atomic mass is 16.6. The van der Waals surface area contributed by atoms with Crippen molar-refractivity contribution >= 4 is 17.5 Å². The van der Waals surface area contributed by atoms with Gasteiger partial charge in [0.25, 0.3) is 0 Å². The number of nitrogen functional groups attached to an aromatic ring is 1. The van der Waals surface area contributed by atoms with Crippen LogP contribution in [0.25, 0.3) is 0 Å². The first-order valence-corrected chi connectivity index (χ1v) is 5.50. The Bertz CT molecular complexity index is 610. The molecule has 0 saturated heterocycles. The molecule has 0 saturated carbocycles. The Morgan fingerprint density at radius 2 is 2.26 bits per heavy atom. The quantitative estimate of drug-likeness (QED) is 0.657. The number of anilines is 2. The Labute approximate surface area is 109 Å². The van der Waals surface area contributed by atoms with Gasteiger partial charge in [-0.1, -0.05) is 0 Å². The van der Waals surface area contributed by atoms with E-state index < -0.39 is 4.92 Å². The van der Waals surface area contributed by atoms with E-state index in [9.17, 15) is 10.1 Å². The highest BCUT2D eigenvalue weighted by Gasteiger charge is 2.20. The smallest absolute Gasteiger partial charge is 0.329 e. The molecule has 0 fully saturated rings. The number of hydrogen-bond donors (Lipinski definition) is 1. The van der Waals surface area contributed by atoms with E-state index in [4.69, 9.17) is 10.2 Å². The van der Waals surface area contributed by atoms with Crippen molar-refractivity contribution < 1.29 is 9.34 Å². The molecule has 0 aliphatic heterocycles. The summed E-state index contributed by atoms with van der Waals surface area (Å²) in [7, 11) is 1.67. The third-order valence-corrected chi connectivity index (χ3v) is 2.52. The normalized spacial score (nSPS) is 10.4. The van der Waals surface area contributed by atoms with Crippen LogP contribution in [0.1, 0.15) is 11.5 Å². The number of aryl methyl sites for hydroxylation is 1. The van der Waals surface area contributed by atoms with Crippen LogP contribution < -0.4 is 10.6 Å². The fourth-order valence-corrected chi connectivity index (χ4v) is 1.67. The first kappa shape index (κ1) is 12.8. The number of hydrogen-bond acceptors (Lipinski definition) is 7. The number of furan rings is 1. The van der Waals surface area contributed by atoms with Crippen molar-refractivity contribution in [2.24, 2.45) is 0 Å². The fourth-order valence-electron chi connectivity index (χ4n) is 1.67. The molecule has 0 amide bonds. The maximum absolute atomic E-state index is 10.9. The highest BCUT2D eigenvalue weighted by Crippen LogP contribution is 2.25. The van der Waals surface area contributed by atoms with E-state index in [1.165, 1.54) is 0 Å². The Kier molecular flexibility index (Phi) is 3.32. The number of nitrogens with zero attached hydrogens (tertiary/aromatic N) is 4. The first-order valence-electron chi connectivity index (χ1n) is 5.50. The summed E-state index contributed by atoms with van der Waals surface area (Å²) in [5.41, 5.74) is 5.27. The van der Waals surface area contributed by atoms with Crippen LogP contribution in [-0.4, -0.2) is 21.9 Å². The average molecular weight is 263 g/mol. The van der Waals surface area contributed by atoms with Crippen LogP contribution in [0.3, 0.4) is 0 Å². The van der Waals surface area contributed by atoms with Crippen molar-refractivity contribution in [3.63, 3.8) is 0 Å². The van der Waals surface area contributed by atoms with Gasteiger partial charge in [-0.2, -0.15) is 4.98 Å². The number of aromatic nitrogens is 2. The predicted octanol–water partition coefficient (Wildman–Crippen LogP) is 1.50. The summed E-state index contributed by atoms with van der Waals surface area (Å²) < 4.78 is 5.42. The van der Waals surface area contributed by atoms with Crippen LogP contribution in [0.15, 0.2) is 22.7 Å². The van der Waals surface area contributed by atoms with Gasteiger partial charge in [-0.3, -0.25) is 10.1 Å². The summed E-state index contributed by atoms with van der Waals surface area (Å²) >= 11 is 0. The predicted molar refractivity (Wildman–Crippen MR) is 68.7 cm³/mol. The van der Waals surface area contributed by atoms with Gasteiger partial charge in [-0.05, 0) is 19.1 Å². The summed E-state index contributed by atoms with van der Waals surface area (Å²) in [6.07, 6.45) is 1.10.